The third-order valence-corrected chi connectivity index (χ3v) is 2.13. The lowest BCUT2D eigenvalue weighted by atomic mass is 10.0. The molecule has 78 valence electrons. The van der Waals surface area contributed by atoms with Gasteiger partial charge in [-0.15, -0.1) is 12.3 Å². The molecule has 1 rings (SSSR count). The zero-order chi connectivity index (χ0) is 11.1. The first kappa shape index (κ1) is 11.3. The summed E-state index contributed by atoms with van der Waals surface area (Å²) in [6.07, 6.45) is 7.56. The molecule has 15 heavy (non-hydrogen) atoms. The topological polar surface area (TPSA) is 43.1 Å². The van der Waals surface area contributed by atoms with E-state index in [9.17, 15) is 4.79 Å². The molecule has 2 heteroatoms. The van der Waals surface area contributed by atoms with Gasteiger partial charge in [-0.05, 0) is 24.1 Å². The molecule has 0 bridgehead atoms. The van der Waals surface area contributed by atoms with E-state index in [1.165, 1.54) is 0 Å². The van der Waals surface area contributed by atoms with Crippen molar-refractivity contribution in [1.29, 1.82) is 0 Å². The van der Waals surface area contributed by atoms with E-state index >= 15 is 0 Å². The molecule has 1 aromatic carbocycles. The summed E-state index contributed by atoms with van der Waals surface area (Å²) >= 11 is 0. The number of benzene rings is 1. The van der Waals surface area contributed by atoms with Crippen LogP contribution in [-0.2, 0) is 11.2 Å². The Morgan fingerprint density at radius 3 is 2.93 bits per heavy atom. The smallest absolute Gasteiger partial charge is 0.137 e. The molecule has 0 fully saturated rings. The van der Waals surface area contributed by atoms with E-state index in [1.54, 1.807) is 0 Å². The summed E-state index contributed by atoms with van der Waals surface area (Å²) in [6, 6.07) is 7.42. The van der Waals surface area contributed by atoms with Crippen LogP contribution in [0.3, 0.4) is 0 Å². The minimum atomic E-state index is 0.218. The molecular weight excluding hydrogens is 186 g/mol. The molecule has 0 saturated heterocycles. The molecule has 0 aliphatic carbocycles. The number of Topliss-reactive ketones (excluding diaryl/α,β-unsaturated/α-hetero) is 1. The number of nitrogens with two attached hydrogens (primary N) is 1. The van der Waals surface area contributed by atoms with Crippen LogP contribution in [0, 0.1) is 12.3 Å². The fraction of sp³-hybridized carbons (Fsp3) is 0.308. The van der Waals surface area contributed by atoms with Crippen LogP contribution in [0.2, 0.25) is 0 Å². The molecule has 0 aromatic heterocycles. The van der Waals surface area contributed by atoms with Gasteiger partial charge in [0.1, 0.15) is 5.78 Å². The van der Waals surface area contributed by atoms with Gasteiger partial charge < -0.3 is 5.73 Å². The average molecular weight is 201 g/mol. The maximum Gasteiger partial charge on any atom is 0.137 e. The number of hydrogen-bond donors (Lipinski definition) is 1. The van der Waals surface area contributed by atoms with Crippen molar-refractivity contribution in [2.75, 3.05) is 5.73 Å². The van der Waals surface area contributed by atoms with E-state index in [1.807, 2.05) is 24.3 Å². The van der Waals surface area contributed by atoms with Gasteiger partial charge in [0.2, 0.25) is 0 Å². The number of rotatable bonds is 5. The highest BCUT2D eigenvalue weighted by Gasteiger charge is 2.03. The number of anilines is 1. The van der Waals surface area contributed by atoms with Crippen LogP contribution in [0.25, 0.3) is 0 Å². The first-order valence-electron chi connectivity index (χ1n) is 5.02. The van der Waals surface area contributed by atoms with Gasteiger partial charge in [-0.2, -0.15) is 0 Å². The Morgan fingerprint density at radius 1 is 1.47 bits per heavy atom. The monoisotopic (exact) mass is 201 g/mol. The summed E-state index contributed by atoms with van der Waals surface area (Å²) in [6.45, 7) is 0. The number of nitrogen functional groups attached to an aromatic ring is 1. The highest BCUT2D eigenvalue weighted by molar-refractivity contribution is 5.81. The Bertz CT molecular complexity index is 376. The minimum Gasteiger partial charge on any atom is -0.399 e. The molecule has 2 N–H and O–H groups in total. The Kier molecular flexibility index (Phi) is 4.43. The summed E-state index contributed by atoms with van der Waals surface area (Å²) in [5, 5.41) is 0. The largest absolute Gasteiger partial charge is 0.399 e. The van der Waals surface area contributed by atoms with Gasteiger partial charge >= 0.3 is 0 Å². The summed E-state index contributed by atoms with van der Waals surface area (Å²) in [5.41, 5.74) is 7.29. The zero-order valence-electron chi connectivity index (χ0n) is 8.70. The van der Waals surface area contributed by atoms with Crippen molar-refractivity contribution >= 4 is 11.5 Å². The normalized spacial score (nSPS) is 9.53. The van der Waals surface area contributed by atoms with Gasteiger partial charge in [0.25, 0.3) is 0 Å². The van der Waals surface area contributed by atoms with Gasteiger partial charge in [0.15, 0.2) is 0 Å². The van der Waals surface area contributed by atoms with Crippen LogP contribution < -0.4 is 5.73 Å². The van der Waals surface area contributed by atoms with Gasteiger partial charge in [0, 0.05) is 24.9 Å². The summed E-state index contributed by atoms with van der Waals surface area (Å²) in [5.74, 6) is 2.74. The lowest BCUT2D eigenvalue weighted by Gasteiger charge is -2.01. The Labute approximate surface area is 90.5 Å². The lowest BCUT2D eigenvalue weighted by Crippen LogP contribution is -2.02. The second kappa shape index (κ2) is 5.87. The average Bonchev–Trinajstić information content (AvgIpc) is 2.18. The summed E-state index contributed by atoms with van der Waals surface area (Å²) in [7, 11) is 0. The predicted molar refractivity (Wildman–Crippen MR) is 62.2 cm³/mol. The van der Waals surface area contributed by atoms with Gasteiger partial charge in [-0.1, -0.05) is 12.1 Å². The van der Waals surface area contributed by atoms with Crippen LogP contribution in [0.1, 0.15) is 24.8 Å². The van der Waals surface area contributed by atoms with Crippen molar-refractivity contribution in [2.24, 2.45) is 0 Å². The van der Waals surface area contributed by atoms with E-state index in [4.69, 9.17) is 12.2 Å². The van der Waals surface area contributed by atoms with Crippen LogP contribution in [0.15, 0.2) is 24.3 Å². The summed E-state index contributed by atoms with van der Waals surface area (Å²) in [4.78, 5) is 11.5. The molecule has 0 radical (unpaired) electrons. The molecule has 0 aliphatic heterocycles. The molecule has 0 aliphatic rings. The highest BCUT2D eigenvalue weighted by atomic mass is 16.1. The van der Waals surface area contributed by atoms with Crippen molar-refractivity contribution in [3.63, 3.8) is 0 Å². The summed E-state index contributed by atoms with van der Waals surface area (Å²) < 4.78 is 0. The van der Waals surface area contributed by atoms with E-state index in [0.717, 1.165) is 12.0 Å². The Balaban J connectivity index is 2.42. The molecule has 0 saturated carbocycles. The lowest BCUT2D eigenvalue weighted by molar-refractivity contribution is -0.118. The maximum atomic E-state index is 11.5. The van der Waals surface area contributed by atoms with E-state index < -0.39 is 0 Å². The van der Waals surface area contributed by atoms with Gasteiger partial charge in [-0.25, -0.2) is 0 Å². The van der Waals surface area contributed by atoms with Gasteiger partial charge in [0.05, 0.1) is 0 Å². The number of ketones is 1. The molecule has 1 aromatic rings. The standard InChI is InChI=1S/C13H15NO/c1-2-3-4-8-13(15)10-11-6-5-7-12(14)9-11/h1,5-7,9H,3-4,8,10,14H2. The number of carbonyl (C=O) groups is 1. The molecule has 0 unspecified atom stereocenters. The Morgan fingerprint density at radius 2 is 2.27 bits per heavy atom. The molecule has 2 nitrogen and oxygen atoms in total. The fourth-order valence-electron chi connectivity index (χ4n) is 1.41. The fourth-order valence-corrected chi connectivity index (χ4v) is 1.41. The quantitative estimate of drug-likeness (QED) is 0.451. The van der Waals surface area contributed by atoms with Crippen LogP contribution >= 0.6 is 0 Å². The first-order valence-corrected chi connectivity index (χ1v) is 5.02. The second-order valence-corrected chi connectivity index (χ2v) is 3.52. The van der Waals surface area contributed by atoms with Crippen LogP contribution in [0.5, 0.6) is 0 Å². The molecule has 0 amide bonds. The molecular formula is C13H15NO. The third kappa shape index (κ3) is 4.33. The molecule has 0 heterocycles. The SMILES string of the molecule is C#CCCCC(=O)Cc1cccc(N)c1. The van der Waals surface area contributed by atoms with Crippen molar-refractivity contribution < 1.29 is 4.79 Å². The van der Waals surface area contributed by atoms with Crippen LogP contribution in [-0.4, -0.2) is 5.78 Å². The maximum absolute atomic E-state index is 11.5. The van der Waals surface area contributed by atoms with Crippen molar-refractivity contribution in [3.8, 4) is 12.3 Å². The second-order valence-electron chi connectivity index (χ2n) is 3.52. The van der Waals surface area contributed by atoms with Crippen molar-refractivity contribution in [1.82, 2.24) is 0 Å². The number of carbonyl (C=O) groups excluding carboxylic acids is 1. The van der Waals surface area contributed by atoms with Gasteiger partial charge in [-0.3, -0.25) is 4.79 Å². The van der Waals surface area contributed by atoms with Crippen molar-refractivity contribution in [3.05, 3.63) is 29.8 Å². The Hall–Kier alpha value is -1.75. The minimum absolute atomic E-state index is 0.218. The molecule has 0 atom stereocenters. The molecule has 0 spiro atoms. The van der Waals surface area contributed by atoms with Crippen LogP contribution in [0.4, 0.5) is 5.69 Å². The predicted octanol–water partition coefficient (Wildman–Crippen LogP) is 2.18. The van der Waals surface area contributed by atoms with E-state index in [-0.39, 0.29) is 5.78 Å². The third-order valence-electron chi connectivity index (χ3n) is 2.13. The van der Waals surface area contributed by atoms with Crippen molar-refractivity contribution in [2.45, 2.75) is 25.7 Å². The zero-order valence-corrected chi connectivity index (χ0v) is 8.70. The number of terminal acetylenes is 1. The van der Waals surface area contributed by atoms with E-state index in [0.29, 0.717) is 24.9 Å². The highest BCUT2D eigenvalue weighted by Crippen LogP contribution is 2.09. The van der Waals surface area contributed by atoms with E-state index in [2.05, 4.69) is 5.92 Å². The first-order chi connectivity index (χ1) is 7.22. The number of hydrogen-bond acceptors (Lipinski definition) is 2. The number of unbranched alkanes of at least 4 members (excludes halogenated alkanes) is 1.